The van der Waals surface area contributed by atoms with Gasteiger partial charge < -0.3 is 19.8 Å². The molecule has 0 radical (unpaired) electrons. The molecular weight excluding hydrogens is 254 g/mol. The minimum absolute atomic E-state index is 0.202. The molecule has 2 saturated heterocycles. The quantitative estimate of drug-likeness (QED) is 0.851. The fourth-order valence-corrected chi connectivity index (χ4v) is 3.03. The van der Waals surface area contributed by atoms with E-state index < -0.39 is 0 Å². The highest BCUT2D eigenvalue weighted by atomic mass is 16.3. The smallest absolute Gasteiger partial charge is 0.134 e. The molecule has 1 unspecified atom stereocenters. The summed E-state index contributed by atoms with van der Waals surface area (Å²) in [5.41, 5.74) is 0. The Labute approximate surface area is 120 Å². The molecule has 0 aromatic carbocycles. The van der Waals surface area contributed by atoms with Gasteiger partial charge in [-0.3, -0.25) is 0 Å². The van der Waals surface area contributed by atoms with Crippen LogP contribution in [0.15, 0.2) is 12.4 Å². The van der Waals surface area contributed by atoms with Crippen molar-refractivity contribution in [1.29, 1.82) is 0 Å². The third kappa shape index (κ3) is 2.71. The molecule has 2 aliphatic rings. The summed E-state index contributed by atoms with van der Waals surface area (Å²) in [7, 11) is 2.15. The minimum atomic E-state index is 0.202. The first-order chi connectivity index (χ1) is 9.78. The van der Waals surface area contributed by atoms with E-state index in [0.29, 0.717) is 0 Å². The van der Waals surface area contributed by atoms with Gasteiger partial charge in [0.2, 0.25) is 0 Å². The van der Waals surface area contributed by atoms with E-state index in [4.69, 9.17) is 0 Å². The van der Waals surface area contributed by atoms with E-state index >= 15 is 0 Å². The molecule has 1 aromatic heterocycles. The van der Waals surface area contributed by atoms with Crippen LogP contribution in [-0.4, -0.2) is 72.4 Å². The van der Waals surface area contributed by atoms with Gasteiger partial charge in [-0.05, 0) is 19.9 Å². The number of rotatable bonds is 3. The first kappa shape index (κ1) is 13.6. The number of nitrogens with zero attached hydrogens (tertiary/aromatic N) is 5. The van der Waals surface area contributed by atoms with Gasteiger partial charge >= 0.3 is 0 Å². The highest BCUT2D eigenvalue weighted by Gasteiger charge is 2.25. The fourth-order valence-electron chi connectivity index (χ4n) is 3.03. The highest BCUT2D eigenvalue weighted by Crippen LogP contribution is 2.25. The lowest BCUT2D eigenvalue weighted by molar-refractivity contribution is 0.266. The molecule has 2 aliphatic heterocycles. The van der Waals surface area contributed by atoms with Crippen molar-refractivity contribution in [3.8, 4) is 0 Å². The number of aliphatic hydroxyl groups is 1. The maximum absolute atomic E-state index is 9.44. The zero-order chi connectivity index (χ0) is 13.9. The van der Waals surface area contributed by atoms with Crippen LogP contribution in [0.2, 0.25) is 0 Å². The predicted molar refractivity (Wildman–Crippen MR) is 79.2 cm³/mol. The van der Waals surface area contributed by atoms with Gasteiger partial charge in [0, 0.05) is 38.8 Å². The molecule has 2 fully saturated rings. The fraction of sp³-hybridized carbons (Fsp3) is 0.714. The van der Waals surface area contributed by atoms with Gasteiger partial charge in [0.25, 0.3) is 0 Å². The van der Waals surface area contributed by atoms with Crippen LogP contribution in [0.25, 0.3) is 0 Å². The Morgan fingerprint density at radius 2 is 1.90 bits per heavy atom. The van der Waals surface area contributed by atoms with Crippen molar-refractivity contribution in [1.82, 2.24) is 14.9 Å². The van der Waals surface area contributed by atoms with Crippen LogP contribution < -0.4 is 9.80 Å². The van der Waals surface area contributed by atoms with Crippen LogP contribution in [0.4, 0.5) is 11.6 Å². The maximum atomic E-state index is 9.44. The molecule has 20 heavy (non-hydrogen) atoms. The molecule has 1 aromatic rings. The number of likely N-dealkylation sites (N-methyl/N-ethyl adjacent to an activating group) is 1. The summed E-state index contributed by atoms with van der Waals surface area (Å²) in [4.78, 5) is 15.7. The lowest BCUT2D eigenvalue weighted by Gasteiger charge is -2.33. The summed E-state index contributed by atoms with van der Waals surface area (Å²) >= 11 is 0. The van der Waals surface area contributed by atoms with Crippen LogP contribution in [-0.2, 0) is 0 Å². The van der Waals surface area contributed by atoms with Gasteiger partial charge in [0.15, 0.2) is 0 Å². The van der Waals surface area contributed by atoms with E-state index in [2.05, 4.69) is 37.8 Å². The Hall–Kier alpha value is -1.40. The molecule has 6 nitrogen and oxygen atoms in total. The summed E-state index contributed by atoms with van der Waals surface area (Å²) in [5.74, 6) is 1.96. The number of hydrogen-bond acceptors (Lipinski definition) is 6. The topological polar surface area (TPSA) is 55.7 Å². The van der Waals surface area contributed by atoms with Crippen molar-refractivity contribution < 1.29 is 5.11 Å². The molecule has 6 heteroatoms. The number of aliphatic hydroxyl groups excluding tert-OH is 1. The van der Waals surface area contributed by atoms with Crippen LogP contribution in [0, 0.1) is 0 Å². The number of hydrogen-bond donors (Lipinski definition) is 1. The van der Waals surface area contributed by atoms with Crippen LogP contribution in [0.1, 0.15) is 12.8 Å². The number of anilines is 2. The van der Waals surface area contributed by atoms with E-state index in [1.165, 1.54) is 0 Å². The van der Waals surface area contributed by atoms with Crippen molar-refractivity contribution in [3.63, 3.8) is 0 Å². The molecular formula is C14H23N5O. The standard InChI is InChI=1S/C14H23N5O/c1-17-5-7-18(8-6-17)13-9-14(16-11-15-13)19-4-2-3-12(19)10-20/h9,11-12,20H,2-8,10H2,1H3. The van der Waals surface area contributed by atoms with Gasteiger partial charge in [0.05, 0.1) is 12.6 Å². The van der Waals surface area contributed by atoms with E-state index in [-0.39, 0.29) is 12.6 Å². The zero-order valence-electron chi connectivity index (χ0n) is 12.1. The third-order valence-corrected chi connectivity index (χ3v) is 4.35. The predicted octanol–water partition coefficient (Wildman–Crippen LogP) is 0.190. The second-order valence-electron chi connectivity index (χ2n) is 5.70. The summed E-state index contributed by atoms with van der Waals surface area (Å²) in [6.07, 6.45) is 3.82. The zero-order valence-corrected chi connectivity index (χ0v) is 12.1. The third-order valence-electron chi connectivity index (χ3n) is 4.35. The van der Waals surface area contributed by atoms with Gasteiger partial charge in [-0.1, -0.05) is 0 Å². The second kappa shape index (κ2) is 5.93. The monoisotopic (exact) mass is 277 g/mol. The van der Waals surface area contributed by atoms with Gasteiger partial charge in [-0.15, -0.1) is 0 Å². The maximum Gasteiger partial charge on any atom is 0.134 e. The molecule has 0 amide bonds. The Balaban J connectivity index is 1.76. The summed E-state index contributed by atoms with van der Waals surface area (Å²) in [6.45, 7) is 5.34. The molecule has 0 bridgehead atoms. The molecule has 0 saturated carbocycles. The lowest BCUT2D eigenvalue weighted by atomic mass is 10.2. The van der Waals surface area contributed by atoms with E-state index in [0.717, 1.165) is 57.2 Å². The molecule has 3 rings (SSSR count). The first-order valence-corrected chi connectivity index (χ1v) is 7.41. The second-order valence-corrected chi connectivity index (χ2v) is 5.70. The summed E-state index contributed by atoms with van der Waals surface area (Å²) < 4.78 is 0. The number of piperazine rings is 1. The van der Waals surface area contributed by atoms with Crippen molar-refractivity contribution >= 4 is 11.6 Å². The summed E-state index contributed by atoms with van der Waals surface area (Å²) in [5, 5.41) is 9.44. The molecule has 110 valence electrons. The number of aromatic nitrogens is 2. The van der Waals surface area contributed by atoms with Gasteiger partial charge in [-0.2, -0.15) is 0 Å². The largest absolute Gasteiger partial charge is 0.394 e. The van der Waals surface area contributed by atoms with Crippen molar-refractivity contribution in [2.75, 3.05) is 56.2 Å². The van der Waals surface area contributed by atoms with E-state index in [1.807, 2.05) is 0 Å². The average molecular weight is 277 g/mol. The normalized spacial score (nSPS) is 24.4. The van der Waals surface area contributed by atoms with E-state index in [9.17, 15) is 5.11 Å². The molecule has 1 atom stereocenters. The minimum Gasteiger partial charge on any atom is -0.394 e. The van der Waals surface area contributed by atoms with Crippen molar-refractivity contribution in [3.05, 3.63) is 12.4 Å². The lowest BCUT2D eigenvalue weighted by Crippen LogP contribution is -2.45. The molecule has 3 heterocycles. The average Bonchev–Trinajstić information content (AvgIpc) is 2.96. The highest BCUT2D eigenvalue weighted by molar-refractivity contribution is 5.51. The van der Waals surface area contributed by atoms with Crippen molar-refractivity contribution in [2.24, 2.45) is 0 Å². The Morgan fingerprint density at radius 3 is 2.65 bits per heavy atom. The van der Waals surface area contributed by atoms with Gasteiger partial charge in [0.1, 0.15) is 18.0 Å². The Kier molecular flexibility index (Phi) is 4.03. The molecule has 0 spiro atoms. The van der Waals surface area contributed by atoms with Crippen LogP contribution >= 0.6 is 0 Å². The Morgan fingerprint density at radius 1 is 1.15 bits per heavy atom. The SMILES string of the molecule is CN1CCN(c2cc(N3CCCC3CO)ncn2)CC1. The van der Waals surface area contributed by atoms with Crippen LogP contribution in [0.5, 0.6) is 0 Å². The van der Waals surface area contributed by atoms with Crippen LogP contribution in [0.3, 0.4) is 0 Å². The van der Waals surface area contributed by atoms with Gasteiger partial charge in [-0.25, -0.2) is 9.97 Å². The molecule has 0 aliphatic carbocycles. The summed E-state index contributed by atoms with van der Waals surface area (Å²) in [6, 6.07) is 2.28. The molecule has 1 N–H and O–H groups in total. The van der Waals surface area contributed by atoms with Crippen molar-refractivity contribution in [2.45, 2.75) is 18.9 Å². The van der Waals surface area contributed by atoms with E-state index in [1.54, 1.807) is 6.33 Å². The first-order valence-electron chi connectivity index (χ1n) is 7.41. The Bertz CT molecular complexity index is 447.